The molecule has 0 radical (unpaired) electrons. The molecule has 1 aliphatic rings. The van der Waals surface area contributed by atoms with Crippen LogP contribution in [0.3, 0.4) is 0 Å². The molecule has 168 valence electrons. The van der Waals surface area contributed by atoms with E-state index in [1.54, 1.807) is 42.5 Å². The normalized spacial score (nSPS) is 16.2. The van der Waals surface area contributed by atoms with Crippen molar-refractivity contribution in [3.63, 3.8) is 0 Å². The van der Waals surface area contributed by atoms with E-state index in [-0.39, 0.29) is 16.8 Å². The second-order valence-corrected chi connectivity index (χ2v) is 9.93. The minimum atomic E-state index is -3.67. The number of primary amides is 1. The van der Waals surface area contributed by atoms with Gasteiger partial charge in [0.1, 0.15) is 0 Å². The summed E-state index contributed by atoms with van der Waals surface area (Å²) in [5, 5.41) is 9.12. The Morgan fingerprint density at radius 3 is 2.56 bits per heavy atom. The van der Waals surface area contributed by atoms with Gasteiger partial charge in [0, 0.05) is 17.9 Å². The number of anilines is 1. The molecule has 1 saturated heterocycles. The first-order chi connectivity index (χ1) is 15.4. The topological polar surface area (TPSA) is 129 Å². The van der Waals surface area contributed by atoms with Crippen molar-refractivity contribution >= 4 is 33.4 Å². The third kappa shape index (κ3) is 5.29. The van der Waals surface area contributed by atoms with E-state index in [4.69, 9.17) is 10.5 Å². The highest BCUT2D eigenvalue weighted by atomic mass is 32.2. The van der Waals surface area contributed by atoms with E-state index >= 15 is 0 Å². The van der Waals surface area contributed by atoms with Gasteiger partial charge in [0.05, 0.1) is 23.3 Å². The molecule has 1 atom stereocenters. The van der Waals surface area contributed by atoms with Crippen molar-refractivity contribution in [2.75, 3.05) is 17.1 Å². The number of benzene rings is 2. The Labute approximate surface area is 190 Å². The lowest BCUT2D eigenvalue weighted by Gasteiger charge is -2.15. The second-order valence-electron chi connectivity index (χ2n) is 7.30. The molecule has 1 aliphatic heterocycles. The number of hydrogen-bond donors (Lipinski definition) is 2. The summed E-state index contributed by atoms with van der Waals surface area (Å²) in [6.45, 7) is 1.29. The Kier molecular flexibility index (Phi) is 6.77. The molecule has 1 unspecified atom stereocenters. The molecule has 3 N–H and O–H groups in total. The van der Waals surface area contributed by atoms with Gasteiger partial charge < -0.3 is 10.5 Å². The fourth-order valence-electron chi connectivity index (χ4n) is 3.40. The van der Waals surface area contributed by atoms with E-state index < -0.39 is 15.9 Å². The Bertz CT molecular complexity index is 1170. The first-order valence-corrected chi connectivity index (χ1v) is 12.5. The quantitative estimate of drug-likeness (QED) is 0.457. The van der Waals surface area contributed by atoms with Crippen molar-refractivity contribution in [1.29, 1.82) is 0 Å². The maximum atomic E-state index is 12.5. The average Bonchev–Trinajstić information content (AvgIpc) is 3.44. The summed E-state index contributed by atoms with van der Waals surface area (Å²) in [5.74, 6) is 0.285. The van der Waals surface area contributed by atoms with Gasteiger partial charge in [0.25, 0.3) is 10.0 Å². The first kappa shape index (κ1) is 22.3. The van der Waals surface area contributed by atoms with Crippen LogP contribution in [0.15, 0.2) is 64.6 Å². The van der Waals surface area contributed by atoms with Crippen LogP contribution in [0.25, 0.3) is 11.4 Å². The minimum absolute atomic E-state index is 0.0506. The molecule has 2 aromatic carbocycles. The van der Waals surface area contributed by atoms with Gasteiger partial charge in [-0.2, -0.15) is 0 Å². The maximum Gasteiger partial charge on any atom is 0.261 e. The van der Waals surface area contributed by atoms with Crippen molar-refractivity contribution < 1.29 is 17.9 Å². The first-order valence-electron chi connectivity index (χ1n) is 10.1. The molecule has 11 heteroatoms. The molecular formula is C21H23N5O4S2. The third-order valence-electron chi connectivity index (χ3n) is 4.92. The molecule has 0 aliphatic carbocycles. The maximum absolute atomic E-state index is 12.5. The van der Waals surface area contributed by atoms with E-state index in [2.05, 4.69) is 14.9 Å². The Balaban J connectivity index is 1.57. The number of amides is 1. The van der Waals surface area contributed by atoms with E-state index in [9.17, 15) is 13.2 Å². The Hall–Kier alpha value is -2.89. The number of nitrogens with two attached hydrogens (primary N) is 1. The van der Waals surface area contributed by atoms with Crippen LogP contribution in [-0.2, 0) is 26.1 Å². The standard InChI is InChI=1S/C21H23N5O4S2/c22-19(27)14-31-21-24-23-20(26(21)13-17-5-4-12-30-17)15-8-10-16(11-9-15)25-32(28,29)18-6-2-1-3-7-18/h1-3,6-11,17,25H,4-5,12-14H2,(H2,22,27). The Morgan fingerprint density at radius 2 is 1.91 bits per heavy atom. The summed E-state index contributed by atoms with van der Waals surface area (Å²) in [6.07, 6.45) is 1.99. The summed E-state index contributed by atoms with van der Waals surface area (Å²) < 4.78 is 35.3. The number of rotatable bonds is 9. The van der Waals surface area contributed by atoms with Gasteiger partial charge >= 0.3 is 0 Å². The fourth-order valence-corrected chi connectivity index (χ4v) is 5.17. The van der Waals surface area contributed by atoms with Crippen LogP contribution in [0.5, 0.6) is 0 Å². The van der Waals surface area contributed by atoms with Crippen LogP contribution >= 0.6 is 11.8 Å². The van der Waals surface area contributed by atoms with Gasteiger partial charge in [-0.3, -0.25) is 14.1 Å². The van der Waals surface area contributed by atoms with Crippen molar-refractivity contribution in [3.8, 4) is 11.4 Å². The zero-order chi connectivity index (χ0) is 22.6. The molecular weight excluding hydrogens is 450 g/mol. The number of carbonyl (C=O) groups excluding carboxylic acids is 1. The molecule has 2 heterocycles. The molecule has 0 spiro atoms. The molecule has 1 amide bonds. The molecule has 1 aromatic heterocycles. The molecule has 0 bridgehead atoms. The van der Waals surface area contributed by atoms with Crippen LogP contribution in [0.1, 0.15) is 12.8 Å². The van der Waals surface area contributed by atoms with Gasteiger partial charge in [-0.1, -0.05) is 30.0 Å². The molecule has 4 rings (SSSR count). The van der Waals surface area contributed by atoms with E-state index in [0.717, 1.165) is 25.0 Å². The zero-order valence-corrected chi connectivity index (χ0v) is 18.8. The van der Waals surface area contributed by atoms with Gasteiger partial charge in [0.15, 0.2) is 11.0 Å². The van der Waals surface area contributed by atoms with Crippen molar-refractivity contribution in [1.82, 2.24) is 14.8 Å². The monoisotopic (exact) mass is 473 g/mol. The zero-order valence-electron chi connectivity index (χ0n) is 17.2. The highest BCUT2D eigenvalue weighted by Gasteiger charge is 2.22. The van der Waals surface area contributed by atoms with Gasteiger partial charge in [0.2, 0.25) is 5.91 Å². The smallest absolute Gasteiger partial charge is 0.261 e. The number of aromatic nitrogens is 3. The largest absolute Gasteiger partial charge is 0.376 e. The molecule has 3 aromatic rings. The lowest BCUT2D eigenvalue weighted by atomic mass is 10.2. The molecule has 1 fully saturated rings. The number of nitrogens with zero attached hydrogens (tertiary/aromatic N) is 3. The number of carbonyl (C=O) groups is 1. The van der Waals surface area contributed by atoms with Crippen molar-refractivity contribution in [2.45, 2.75) is 35.5 Å². The van der Waals surface area contributed by atoms with E-state index in [1.165, 1.54) is 23.9 Å². The van der Waals surface area contributed by atoms with Crippen molar-refractivity contribution in [2.24, 2.45) is 5.73 Å². The summed E-state index contributed by atoms with van der Waals surface area (Å²) >= 11 is 1.23. The van der Waals surface area contributed by atoms with Crippen LogP contribution < -0.4 is 10.5 Å². The van der Waals surface area contributed by atoms with Crippen LogP contribution in [0, 0.1) is 0 Å². The molecule has 32 heavy (non-hydrogen) atoms. The fraction of sp³-hybridized carbons (Fsp3) is 0.286. The average molecular weight is 474 g/mol. The van der Waals surface area contributed by atoms with Gasteiger partial charge in [-0.25, -0.2) is 8.42 Å². The van der Waals surface area contributed by atoms with Crippen LogP contribution in [0.2, 0.25) is 0 Å². The molecule has 0 saturated carbocycles. The lowest BCUT2D eigenvalue weighted by molar-refractivity contribution is -0.115. The summed E-state index contributed by atoms with van der Waals surface area (Å²) in [5.41, 5.74) is 6.49. The molecule has 9 nitrogen and oxygen atoms in total. The van der Waals surface area contributed by atoms with Crippen LogP contribution in [-0.4, -0.2) is 47.6 Å². The van der Waals surface area contributed by atoms with Gasteiger partial charge in [-0.15, -0.1) is 10.2 Å². The Morgan fingerprint density at radius 1 is 1.16 bits per heavy atom. The van der Waals surface area contributed by atoms with Crippen molar-refractivity contribution in [3.05, 3.63) is 54.6 Å². The summed E-state index contributed by atoms with van der Waals surface area (Å²) in [7, 11) is -3.67. The second kappa shape index (κ2) is 9.72. The third-order valence-corrected chi connectivity index (χ3v) is 7.31. The number of sulfonamides is 1. The van der Waals surface area contributed by atoms with Gasteiger partial charge in [-0.05, 0) is 49.2 Å². The highest BCUT2D eigenvalue weighted by molar-refractivity contribution is 7.99. The minimum Gasteiger partial charge on any atom is -0.376 e. The van der Waals surface area contributed by atoms with Crippen LogP contribution in [0.4, 0.5) is 5.69 Å². The lowest BCUT2D eigenvalue weighted by Crippen LogP contribution is -2.18. The van der Waals surface area contributed by atoms with E-state index in [1.807, 2.05) is 4.57 Å². The number of ether oxygens (including phenoxy) is 1. The SMILES string of the molecule is NC(=O)CSc1nnc(-c2ccc(NS(=O)(=O)c3ccccc3)cc2)n1CC1CCCO1. The summed E-state index contributed by atoms with van der Waals surface area (Å²) in [6, 6.07) is 15.1. The van der Waals surface area contributed by atoms with E-state index in [0.29, 0.717) is 23.2 Å². The highest BCUT2D eigenvalue weighted by Crippen LogP contribution is 2.28. The predicted molar refractivity (Wildman–Crippen MR) is 122 cm³/mol. The predicted octanol–water partition coefficient (Wildman–Crippen LogP) is 2.50. The summed E-state index contributed by atoms with van der Waals surface area (Å²) in [4.78, 5) is 11.4. The number of nitrogens with one attached hydrogen (secondary N) is 1. The number of thioether (sulfide) groups is 1. The number of hydrogen-bond acceptors (Lipinski definition) is 7.